The predicted molar refractivity (Wildman–Crippen MR) is 195 cm³/mol. The molecule has 52 heavy (non-hydrogen) atoms. The summed E-state index contributed by atoms with van der Waals surface area (Å²) in [6, 6.07) is 10.8. The summed E-state index contributed by atoms with van der Waals surface area (Å²) in [7, 11) is 0. The molecule has 0 fully saturated rings. The minimum absolute atomic E-state index is 0.0207. The van der Waals surface area contributed by atoms with E-state index in [0.29, 0.717) is 34.8 Å². The minimum Gasteiger partial charge on any atom is -0.460 e. The van der Waals surface area contributed by atoms with Crippen molar-refractivity contribution in [1.29, 1.82) is 0 Å². The number of hydrogen-bond acceptors (Lipinski definition) is 9. The highest BCUT2D eigenvalue weighted by atomic mass is 35.5. The minimum atomic E-state index is -1.51. The van der Waals surface area contributed by atoms with Crippen molar-refractivity contribution in [3.05, 3.63) is 81.0 Å². The molecule has 13 nitrogen and oxygen atoms in total. The lowest BCUT2D eigenvalue weighted by atomic mass is 9.78. The number of nitrogens with one attached hydrogen (secondary N) is 4. The molecule has 1 aliphatic carbocycles. The lowest BCUT2D eigenvalue weighted by Crippen LogP contribution is -2.65. The van der Waals surface area contributed by atoms with Gasteiger partial charge in [-0.3, -0.25) is 9.59 Å². The Morgan fingerprint density at radius 3 is 2.42 bits per heavy atom. The van der Waals surface area contributed by atoms with Crippen molar-refractivity contribution in [3.8, 4) is 0 Å². The van der Waals surface area contributed by atoms with Crippen LogP contribution < -0.4 is 16.0 Å². The highest BCUT2D eigenvalue weighted by Crippen LogP contribution is 2.39. The Balaban J connectivity index is 1.48. The zero-order chi connectivity index (χ0) is 37.6. The number of ether oxygens (including phenoxy) is 2. The number of aromatic nitrogens is 3. The summed E-state index contributed by atoms with van der Waals surface area (Å²) in [4.78, 5) is 62.1. The molecule has 3 amide bonds. The van der Waals surface area contributed by atoms with Gasteiger partial charge in [-0.2, -0.15) is 4.98 Å². The molecular weight excluding hydrogens is 711 g/mol. The van der Waals surface area contributed by atoms with E-state index in [-0.39, 0.29) is 49.6 Å². The standard InChI is InChI=1S/C37H44Cl2N6O7/c1-6-20(4)28(42-36(49)51-19-22-12-10-9-11-13-22)32(46)44-37(15-14-27-25(18-37)24-16-23(38)17-26(39)30(24)40-27)35(48)41-29(21(5)7-2)33-43-31(45-52-33)34(47)50-8-3/h9-13,16-17,20-21,28-29,40H,6-8,14-15,18-19H2,1-5H3,(H,41,48)(H,42,49)(H,44,46)/t20-,21?,28-,29?,37+/m0/s1. The zero-order valence-electron chi connectivity index (χ0n) is 29.8. The summed E-state index contributed by atoms with van der Waals surface area (Å²) in [5.41, 5.74) is 1.60. The first-order valence-electron chi connectivity index (χ1n) is 17.5. The van der Waals surface area contributed by atoms with Gasteiger partial charge in [0.15, 0.2) is 0 Å². The molecule has 2 heterocycles. The van der Waals surface area contributed by atoms with E-state index in [1.807, 2.05) is 58.0 Å². The van der Waals surface area contributed by atoms with Crippen LogP contribution in [0.3, 0.4) is 0 Å². The van der Waals surface area contributed by atoms with Crippen LogP contribution in [0.25, 0.3) is 10.9 Å². The molecule has 278 valence electrons. The monoisotopic (exact) mass is 754 g/mol. The van der Waals surface area contributed by atoms with Gasteiger partial charge < -0.3 is 34.9 Å². The van der Waals surface area contributed by atoms with Crippen LogP contribution in [0.15, 0.2) is 47.0 Å². The van der Waals surface area contributed by atoms with E-state index in [1.54, 1.807) is 19.1 Å². The van der Waals surface area contributed by atoms with Crippen LogP contribution in [0.5, 0.6) is 0 Å². The van der Waals surface area contributed by atoms with Crippen molar-refractivity contribution >= 4 is 58.0 Å². The number of halogens is 2. The second-order valence-electron chi connectivity index (χ2n) is 13.2. The number of fused-ring (bicyclic) bond motifs is 3. The van der Waals surface area contributed by atoms with E-state index in [9.17, 15) is 19.2 Å². The first-order valence-corrected chi connectivity index (χ1v) is 18.2. The quantitative estimate of drug-likeness (QED) is 0.103. The van der Waals surface area contributed by atoms with E-state index in [0.717, 1.165) is 22.2 Å². The summed E-state index contributed by atoms with van der Waals surface area (Å²) in [6.45, 7) is 9.39. The number of amides is 3. The van der Waals surface area contributed by atoms with Crippen LogP contribution in [-0.4, -0.2) is 57.2 Å². The normalized spacial score (nSPS) is 17.7. The lowest BCUT2D eigenvalue weighted by Gasteiger charge is -2.39. The number of aromatic amines is 1. The maximum atomic E-state index is 14.8. The predicted octanol–water partition coefficient (Wildman–Crippen LogP) is 6.62. The molecule has 4 aromatic rings. The van der Waals surface area contributed by atoms with Crippen LogP contribution in [-0.2, 0) is 38.5 Å². The molecule has 2 aromatic heterocycles. The fourth-order valence-corrected chi connectivity index (χ4v) is 6.88. The number of aryl methyl sites for hydroxylation is 1. The third-order valence-electron chi connectivity index (χ3n) is 9.74. The molecule has 0 radical (unpaired) electrons. The van der Waals surface area contributed by atoms with Crippen LogP contribution in [0.4, 0.5) is 4.79 Å². The highest BCUT2D eigenvalue weighted by molar-refractivity contribution is 6.38. The Bertz CT molecular complexity index is 1910. The summed E-state index contributed by atoms with van der Waals surface area (Å²) < 4.78 is 15.9. The smallest absolute Gasteiger partial charge is 0.408 e. The van der Waals surface area contributed by atoms with Crippen LogP contribution in [0, 0.1) is 11.8 Å². The Morgan fingerprint density at radius 1 is 1.00 bits per heavy atom. The molecule has 0 aliphatic heterocycles. The van der Waals surface area contributed by atoms with Crippen LogP contribution in [0.2, 0.25) is 10.0 Å². The van der Waals surface area contributed by atoms with Gasteiger partial charge in [0, 0.05) is 22.5 Å². The van der Waals surface area contributed by atoms with Gasteiger partial charge in [0.1, 0.15) is 24.2 Å². The van der Waals surface area contributed by atoms with Gasteiger partial charge in [-0.1, -0.05) is 94.1 Å². The van der Waals surface area contributed by atoms with Crippen molar-refractivity contribution in [2.75, 3.05) is 6.61 Å². The molecule has 5 atom stereocenters. The van der Waals surface area contributed by atoms with Crippen molar-refractivity contribution in [2.24, 2.45) is 11.8 Å². The lowest BCUT2D eigenvalue weighted by molar-refractivity contribution is -0.136. The van der Waals surface area contributed by atoms with Gasteiger partial charge >= 0.3 is 12.1 Å². The van der Waals surface area contributed by atoms with Crippen molar-refractivity contribution < 1.29 is 33.2 Å². The number of rotatable bonds is 14. The molecule has 0 saturated carbocycles. The largest absolute Gasteiger partial charge is 0.460 e. The number of esters is 1. The Morgan fingerprint density at radius 2 is 1.73 bits per heavy atom. The molecule has 2 unspecified atom stereocenters. The first kappa shape index (κ1) is 38.6. The Hall–Kier alpha value is -4.62. The number of hydrogen-bond donors (Lipinski definition) is 4. The number of alkyl carbamates (subject to hydrolysis) is 1. The molecule has 0 bridgehead atoms. The summed E-state index contributed by atoms with van der Waals surface area (Å²) >= 11 is 13.0. The molecule has 0 spiro atoms. The number of benzene rings is 2. The van der Waals surface area contributed by atoms with Crippen molar-refractivity contribution in [1.82, 2.24) is 31.1 Å². The van der Waals surface area contributed by atoms with E-state index in [1.165, 1.54) is 0 Å². The third-order valence-corrected chi connectivity index (χ3v) is 10.3. The van der Waals surface area contributed by atoms with Gasteiger partial charge in [0.25, 0.3) is 5.82 Å². The van der Waals surface area contributed by atoms with Gasteiger partial charge in [-0.15, -0.1) is 0 Å². The van der Waals surface area contributed by atoms with Gasteiger partial charge in [-0.05, 0) is 60.0 Å². The maximum absolute atomic E-state index is 14.8. The molecular formula is C37H44Cl2N6O7. The van der Waals surface area contributed by atoms with Crippen LogP contribution in [0.1, 0.15) is 93.3 Å². The average Bonchev–Trinajstić information content (AvgIpc) is 3.77. The van der Waals surface area contributed by atoms with Crippen molar-refractivity contribution in [3.63, 3.8) is 0 Å². The first-order chi connectivity index (χ1) is 24.9. The topological polar surface area (TPSA) is 178 Å². The van der Waals surface area contributed by atoms with Crippen molar-refractivity contribution in [2.45, 2.75) is 91.0 Å². The number of H-pyrrole nitrogens is 1. The van der Waals surface area contributed by atoms with Gasteiger partial charge in [-0.25, -0.2) is 9.59 Å². The average molecular weight is 756 g/mol. The molecule has 4 N–H and O–H groups in total. The van der Waals surface area contributed by atoms with Gasteiger partial charge in [0.2, 0.25) is 17.7 Å². The Kier molecular flexibility index (Phi) is 12.5. The summed E-state index contributed by atoms with van der Waals surface area (Å²) in [5.74, 6) is -2.59. The van der Waals surface area contributed by atoms with E-state index in [2.05, 4.69) is 31.1 Å². The fourth-order valence-electron chi connectivity index (χ4n) is 6.34. The summed E-state index contributed by atoms with van der Waals surface area (Å²) in [5, 5.41) is 14.2. The molecule has 5 rings (SSSR count). The second kappa shape index (κ2) is 16.8. The van der Waals surface area contributed by atoms with E-state index in [4.69, 9.17) is 37.2 Å². The molecule has 15 heteroatoms. The summed E-state index contributed by atoms with van der Waals surface area (Å²) in [6.07, 6.45) is 1.06. The highest BCUT2D eigenvalue weighted by Gasteiger charge is 2.47. The molecule has 0 saturated heterocycles. The third kappa shape index (κ3) is 8.53. The van der Waals surface area contributed by atoms with E-state index >= 15 is 0 Å². The second-order valence-corrected chi connectivity index (χ2v) is 14.1. The Labute approximate surface area is 311 Å². The molecule has 2 aromatic carbocycles. The number of nitrogens with zero attached hydrogens (tertiary/aromatic N) is 2. The molecule has 1 aliphatic rings. The zero-order valence-corrected chi connectivity index (χ0v) is 31.3. The van der Waals surface area contributed by atoms with Crippen LogP contribution >= 0.6 is 23.2 Å². The maximum Gasteiger partial charge on any atom is 0.408 e. The number of carbonyl (C=O) groups excluding carboxylic acids is 4. The fraction of sp³-hybridized carbons (Fsp3) is 0.459. The van der Waals surface area contributed by atoms with Gasteiger partial charge in [0.05, 0.1) is 17.1 Å². The SMILES string of the molecule is CCOC(=O)c1noc(C(NC(=O)[C@@]2(NC(=O)[C@@H](NC(=O)OCc3ccccc3)[C@@H](C)CC)CCc3[nH]c4c(Cl)cc(Cl)cc4c3C2)C(C)CC)n1. The van der Waals surface area contributed by atoms with E-state index < -0.39 is 41.5 Å². The number of carbonyl (C=O) groups is 4.